The summed E-state index contributed by atoms with van der Waals surface area (Å²) in [6, 6.07) is 12.0. The van der Waals surface area contributed by atoms with E-state index < -0.39 is 0 Å². The van der Waals surface area contributed by atoms with Gasteiger partial charge in [0.15, 0.2) is 0 Å². The maximum atomic E-state index is 12.3. The largest absolute Gasteiger partial charge is 0.379 e. The topological polar surface area (TPSA) is 71.4 Å². The number of anilines is 1. The Morgan fingerprint density at radius 3 is 2.64 bits per heavy atom. The van der Waals surface area contributed by atoms with Gasteiger partial charge in [0.2, 0.25) is 0 Å². The van der Waals surface area contributed by atoms with Crippen molar-refractivity contribution in [2.75, 3.05) is 38.2 Å². The molecule has 1 aliphatic rings. The van der Waals surface area contributed by atoms with E-state index in [1.807, 2.05) is 38.2 Å². The number of nitrogens with zero attached hydrogens (tertiary/aromatic N) is 3. The minimum atomic E-state index is -0.225. The van der Waals surface area contributed by atoms with E-state index in [4.69, 9.17) is 4.74 Å². The molecular formula is C18H25N5O2. The van der Waals surface area contributed by atoms with Crippen LogP contribution in [0.2, 0.25) is 0 Å². The second-order valence-corrected chi connectivity index (χ2v) is 6.20. The highest BCUT2D eigenvalue weighted by atomic mass is 16.5. The molecule has 1 aliphatic heterocycles. The van der Waals surface area contributed by atoms with Crippen LogP contribution >= 0.6 is 0 Å². The van der Waals surface area contributed by atoms with Crippen molar-refractivity contribution in [2.45, 2.75) is 13.0 Å². The van der Waals surface area contributed by atoms with Crippen molar-refractivity contribution in [3.63, 3.8) is 0 Å². The van der Waals surface area contributed by atoms with Crippen LogP contribution in [0, 0.1) is 6.92 Å². The molecule has 1 atom stereocenters. The summed E-state index contributed by atoms with van der Waals surface area (Å²) >= 11 is 0. The molecule has 0 radical (unpaired) electrons. The molecule has 1 aromatic heterocycles. The van der Waals surface area contributed by atoms with Crippen molar-refractivity contribution < 1.29 is 9.53 Å². The summed E-state index contributed by atoms with van der Waals surface area (Å²) in [5.41, 5.74) is 2.06. The first-order chi connectivity index (χ1) is 12.1. The smallest absolute Gasteiger partial charge is 0.320 e. The molecule has 25 heavy (non-hydrogen) atoms. The fourth-order valence-corrected chi connectivity index (χ4v) is 3.10. The SMILES string of the molecule is Cc1cc(NC(=O)NC[C@@H](c2ccccc2)N2CCOCC2)n(C)n1. The number of morpholine rings is 1. The van der Waals surface area contributed by atoms with E-state index in [2.05, 4.69) is 32.8 Å². The lowest BCUT2D eigenvalue weighted by Crippen LogP contribution is -2.44. The first kappa shape index (κ1) is 17.4. The molecule has 7 heteroatoms. The molecule has 2 N–H and O–H groups in total. The van der Waals surface area contributed by atoms with Crippen LogP contribution < -0.4 is 10.6 Å². The molecule has 1 fully saturated rings. The fraction of sp³-hybridized carbons (Fsp3) is 0.444. The third-order valence-electron chi connectivity index (χ3n) is 4.37. The first-order valence-corrected chi connectivity index (χ1v) is 8.56. The second-order valence-electron chi connectivity index (χ2n) is 6.20. The van der Waals surface area contributed by atoms with Gasteiger partial charge in [0.25, 0.3) is 0 Å². The molecule has 1 saturated heterocycles. The molecule has 7 nitrogen and oxygen atoms in total. The Kier molecular flexibility index (Phi) is 5.67. The highest BCUT2D eigenvalue weighted by molar-refractivity contribution is 5.88. The van der Waals surface area contributed by atoms with Crippen LogP contribution in [0.5, 0.6) is 0 Å². The van der Waals surface area contributed by atoms with Gasteiger partial charge in [0, 0.05) is 32.7 Å². The van der Waals surface area contributed by atoms with E-state index in [1.54, 1.807) is 4.68 Å². The number of rotatable bonds is 5. The van der Waals surface area contributed by atoms with Crippen molar-refractivity contribution in [2.24, 2.45) is 7.05 Å². The average molecular weight is 343 g/mol. The van der Waals surface area contributed by atoms with E-state index in [0.29, 0.717) is 12.4 Å². The molecule has 3 rings (SSSR count). The lowest BCUT2D eigenvalue weighted by Gasteiger charge is -2.34. The van der Waals surface area contributed by atoms with Gasteiger partial charge in [-0.05, 0) is 12.5 Å². The van der Waals surface area contributed by atoms with Crippen molar-refractivity contribution in [3.05, 3.63) is 47.7 Å². The second kappa shape index (κ2) is 8.13. The van der Waals surface area contributed by atoms with E-state index >= 15 is 0 Å². The molecule has 0 unspecified atom stereocenters. The zero-order valence-electron chi connectivity index (χ0n) is 14.7. The number of urea groups is 1. The first-order valence-electron chi connectivity index (χ1n) is 8.56. The molecular weight excluding hydrogens is 318 g/mol. The summed E-state index contributed by atoms with van der Waals surface area (Å²) < 4.78 is 7.11. The lowest BCUT2D eigenvalue weighted by molar-refractivity contribution is 0.0168. The molecule has 0 spiro atoms. The summed E-state index contributed by atoms with van der Waals surface area (Å²) in [7, 11) is 1.81. The standard InChI is InChI=1S/C18H25N5O2/c1-14-12-17(22(2)21-14)20-18(24)19-13-16(15-6-4-3-5-7-15)23-8-10-25-11-9-23/h3-7,12,16H,8-11,13H2,1-2H3,(H2,19,20,24)/t16-/m0/s1. The van der Waals surface area contributed by atoms with Gasteiger partial charge in [0.05, 0.1) is 24.9 Å². The van der Waals surface area contributed by atoms with E-state index in [9.17, 15) is 4.79 Å². The summed E-state index contributed by atoms with van der Waals surface area (Å²) in [4.78, 5) is 14.6. The van der Waals surface area contributed by atoms with E-state index in [1.165, 1.54) is 5.56 Å². The Hall–Kier alpha value is -2.38. The third-order valence-corrected chi connectivity index (χ3v) is 4.37. The Morgan fingerprint density at radius 1 is 1.28 bits per heavy atom. The van der Waals surface area contributed by atoms with Crippen molar-refractivity contribution in [1.29, 1.82) is 0 Å². The number of nitrogens with one attached hydrogen (secondary N) is 2. The van der Waals surface area contributed by atoms with Gasteiger partial charge in [-0.15, -0.1) is 0 Å². The highest BCUT2D eigenvalue weighted by Crippen LogP contribution is 2.21. The molecule has 0 saturated carbocycles. The Morgan fingerprint density at radius 2 is 2.00 bits per heavy atom. The summed E-state index contributed by atoms with van der Waals surface area (Å²) in [6.07, 6.45) is 0. The minimum absolute atomic E-state index is 0.129. The van der Waals surface area contributed by atoms with E-state index in [0.717, 1.165) is 32.0 Å². The molecule has 0 aliphatic carbocycles. The summed E-state index contributed by atoms with van der Waals surface area (Å²) in [6.45, 7) is 5.61. The Balaban J connectivity index is 1.63. The quantitative estimate of drug-likeness (QED) is 0.870. The van der Waals surface area contributed by atoms with Crippen LogP contribution in [-0.2, 0) is 11.8 Å². The van der Waals surface area contributed by atoms with Crippen molar-refractivity contribution in [1.82, 2.24) is 20.0 Å². The number of aryl methyl sites for hydroxylation is 2. The Labute approximate surface area is 148 Å². The number of aromatic nitrogens is 2. The number of carbonyl (C=O) groups excluding carboxylic acids is 1. The normalized spacial score (nSPS) is 16.4. The summed E-state index contributed by atoms with van der Waals surface area (Å²) in [5.74, 6) is 0.678. The zero-order chi connectivity index (χ0) is 17.6. The van der Waals surface area contributed by atoms with Gasteiger partial charge in [-0.3, -0.25) is 14.9 Å². The number of hydrogen-bond donors (Lipinski definition) is 2. The number of benzene rings is 1. The monoisotopic (exact) mass is 343 g/mol. The van der Waals surface area contributed by atoms with Crippen LogP contribution in [0.25, 0.3) is 0 Å². The van der Waals surface area contributed by atoms with E-state index in [-0.39, 0.29) is 12.1 Å². The Bertz CT molecular complexity index is 695. The molecule has 2 aromatic rings. The third kappa shape index (κ3) is 4.58. The molecule has 2 heterocycles. The van der Waals surface area contributed by atoms with Crippen LogP contribution in [0.4, 0.5) is 10.6 Å². The average Bonchev–Trinajstić information content (AvgIpc) is 2.94. The van der Waals surface area contributed by atoms with Gasteiger partial charge < -0.3 is 10.1 Å². The highest BCUT2D eigenvalue weighted by Gasteiger charge is 2.23. The molecule has 2 amide bonds. The zero-order valence-corrected chi connectivity index (χ0v) is 14.7. The van der Waals surface area contributed by atoms with Crippen LogP contribution in [0.3, 0.4) is 0 Å². The van der Waals surface area contributed by atoms with Gasteiger partial charge >= 0.3 is 6.03 Å². The number of hydrogen-bond acceptors (Lipinski definition) is 4. The summed E-state index contributed by atoms with van der Waals surface area (Å²) in [5, 5.41) is 10.1. The number of ether oxygens (including phenoxy) is 1. The fourth-order valence-electron chi connectivity index (χ4n) is 3.10. The molecule has 0 bridgehead atoms. The lowest BCUT2D eigenvalue weighted by atomic mass is 10.0. The predicted octanol–water partition coefficient (Wildman–Crippen LogP) is 1.92. The van der Waals surface area contributed by atoms with Crippen LogP contribution in [-0.4, -0.2) is 53.6 Å². The van der Waals surface area contributed by atoms with Gasteiger partial charge in [-0.25, -0.2) is 4.79 Å². The van der Waals surface area contributed by atoms with Gasteiger partial charge in [-0.1, -0.05) is 30.3 Å². The van der Waals surface area contributed by atoms with Gasteiger partial charge in [0.1, 0.15) is 5.82 Å². The number of carbonyl (C=O) groups is 1. The maximum absolute atomic E-state index is 12.3. The van der Waals surface area contributed by atoms with Crippen molar-refractivity contribution >= 4 is 11.8 Å². The minimum Gasteiger partial charge on any atom is -0.379 e. The molecule has 134 valence electrons. The van der Waals surface area contributed by atoms with Crippen molar-refractivity contribution in [3.8, 4) is 0 Å². The predicted molar refractivity (Wildman–Crippen MR) is 96.5 cm³/mol. The van der Waals surface area contributed by atoms with Crippen LogP contribution in [0.1, 0.15) is 17.3 Å². The number of amides is 2. The van der Waals surface area contributed by atoms with Crippen LogP contribution in [0.15, 0.2) is 36.4 Å². The molecule has 1 aromatic carbocycles. The maximum Gasteiger partial charge on any atom is 0.320 e. The van der Waals surface area contributed by atoms with Gasteiger partial charge in [-0.2, -0.15) is 5.10 Å².